The Morgan fingerprint density at radius 3 is 2.51 bits per heavy atom. The summed E-state index contributed by atoms with van der Waals surface area (Å²) in [5.74, 6) is -2.15. The fraction of sp³-hybridized carbons (Fsp3) is 0.348. The fourth-order valence-electron chi connectivity index (χ4n) is 4.12. The second kappa shape index (κ2) is 11.8. The highest BCUT2D eigenvalue weighted by Gasteiger charge is 2.30. The fourth-order valence-corrected chi connectivity index (χ4v) is 5.52. The van der Waals surface area contributed by atoms with Crippen molar-refractivity contribution in [1.82, 2.24) is 14.9 Å². The number of benzene rings is 2. The number of nitrogens with zero attached hydrogens (tertiary/aromatic N) is 2. The number of carbonyl (C=O) groups excluding carboxylic acids is 1. The second-order valence-electron chi connectivity index (χ2n) is 8.69. The molecule has 1 aliphatic heterocycles. The summed E-state index contributed by atoms with van der Waals surface area (Å²) in [6.07, 6.45) is 1.43. The third-order valence-electron chi connectivity index (χ3n) is 6.03. The van der Waals surface area contributed by atoms with Crippen molar-refractivity contribution in [2.45, 2.75) is 30.2 Å². The number of aromatic carboxylic acids is 1. The van der Waals surface area contributed by atoms with E-state index in [1.165, 1.54) is 36.4 Å². The van der Waals surface area contributed by atoms with Crippen LogP contribution < -0.4 is 15.8 Å². The lowest BCUT2D eigenvalue weighted by Gasteiger charge is -2.33. The molecule has 0 aromatic heterocycles. The Kier molecular flexibility index (Phi) is 8.78. The summed E-state index contributed by atoms with van der Waals surface area (Å²) >= 11 is 0. The third-order valence-corrected chi connectivity index (χ3v) is 7.56. The van der Waals surface area contributed by atoms with Crippen LogP contribution in [0.4, 0.5) is 5.69 Å². The lowest BCUT2D eigenvalue weighted by molar-refractivity contribution is -0.384. The molecule has 1 heterocycles. The van der Waals surface area contributed by atoms with E-state index in [1.807, 2.05) is 0 Å². The highest BCUT2D eigenvalue weighted by molar-refractivity contribution is 7.89. The summed E-state index contributed by atoms with van der Waals surface area (Å²) in [5, 5.41) is 30.7. The van der Waals surface area contributed by atoms with Gasteiger partial charge in [0.15, 0.2) is 5.96 Å². The van der Waals surface area contributed by atoms with Gasteiger partial charge in [0.1, 0.15) is 6.04 Å². The van der Waals surface area contributed by atoms with Crippen molar-refractivity contribution < 1.29 is 28.0 Å². The van der Waals surface area contributed by atoms with Gasteiger partial charge in [-0.3, -0.25) is 20.3 Å². The minimum Gasteiger partial charge on any atom is -0.478 e. The number of nitro groups is 1. The van der Waals surface area contributed by atoms with Gasteiger partial charge in [-0.2, -0.15) is 4.72 Å². The van der Waals surface area contributed by atoms with Gasteiger partial charge in [-0.1, -0.05) is 24.3 Å². The second-order valence-corrected chi connectivity index (χ2v) is 10.4. The predicted octanol–water partition coefficient (Wildman–Crippen LogP) is 0.904. The Hall–Kier alpha value is -4.04. The van der Waals surface area contributed by atoms with Crippen LogP contribution in [-0.2, 0) is 21.2 Å². The smallest absolute Gasteiger partial charge is 0.337 e. The summed E-state index contributed by atoms with van der Waals surface area (Å²) in [6, 6.07) is 9.04. The van der Waals surface area contributed by atoms with Crippen molar-refractivity contribution in [2.24, 2.45) is 11.7 Å². The van der Waals surface area contributed by atoms with Crippen LogP contribution in [0.3, 0.4) is 0 Å². The van der Waals surface area contributed by atoms with Crippen molar-refractivity contribution in [3.8, 4) is 0 Å². The number of nitrogens with one attached hydrogen (secondary N) is 3. The summed E-state index contributed by atoms with van der Waals surface area (Å²) in [5.41, 5.74) is 5.42. The number of nitro benzene ring substituents is 1. The number of carboxylic acid groups (broad SMARTS) is 1. The van der Waals surface area contributed by atoms with E-state index in [0.29, 0.717) is 18.7 Å². The number of sulfonamides is 1. The highest BCUT2D eigenvalue weighted by atomic mass is 32.2. The van der Waals surface area contributed by atoms with Gasteiger partial charge in [0.2, 0.25) is 15.9 Å². The van der Waals surface area contributed by atoms with Crippen LogP contribution in [0.1, 0.15) is 28.8 Å². The first-order valence-electron chi connectivity index (χ1n) is 11.4. The van der Waals surface area contributed by atoms with Gasteiger partial charge in [-0.05, 0) is 42.9 Å². The molecule has 6 N–H and O–H groups in total. The molecule has 37 heavy (non-hydrogen) atoms. The molecule has 1 unspecified atom stereocenters. The summed E-state index contributed by atoms with van der Waals surface area (Å²) in [6.45, 7) is 1.33. The Morgan fingerprint density at radius 1 is 1.22 bits per heavy atom. The van der Waals surface area contributed by atoms with Gasteiger partial charge in [-0.15, -0.1) is 0 Å². The van der Waals surface area contributed by atoms with Crippen LogP contribution in [0.25, 0.3) is 0 Å². The highest BCUT2D eigenvalue weighted by Crippen LogP contribution is 2.19. The van der Waals surface area contributed by atoms with Crippen LogP contribution in [0.2, 0.25) is 0 Å². The first-order chi connectivity index (χ1) is 17.5. The molecule has 14 heteroatoms. The molecule has 0 aliphatic carbocycles. The van der Waals surface area contributed by atoms with Gasteiger partial charge in [-0.25, -0.2) is 13.2 Å². The zero-order valence-electron chi connectivity index (χ0n) is 19.8. The van der Waals surface area contributed by atoms with Crippen LogP contribution in [0.5, 0.6) is 0 Å². The number of piperidine rings is 1. The molecule has 1 aliphatic rings. The molecule has 13 nitrogen and oxygen atoms in total. The number of guanidine groups is 1. The van der Waals surface area contributed by atoms with Gasteiger partial charge < -0.3 is 21.1 Å². The van der Waals surface area contributed by atoms with Crippen LogP contribution in [0, 0.1) is 21.4 Å². The lowest BCUT2D eigenvalue weighted by Crippen LogP contribution is -2.51. The number of nitrogens with two attached hydrogens (primary N) is 1. The maximum atomic E-state index is 13.2. The van der Waals surface area contributed by atoms with Crippen LogP contribution in [-0.4, -0.2) is 66.9 Å². The maximum absolute atomic E-state index is 13.2. The van der Waals surface area contributed by atoms with Gasteiger partial charge in [0.25, 0.3) is 5.69 Å². The number of carbonyl (C=O) groups is 2. The van der Waals surface area contributed by atoms with Crippen molar-refractivity contribution in [3.63, 3.8) is 0 Å². The molecule has 0 bridgehead atoms. The Morgan fingerprint density at radius 2 is 1.89 bits per heavy atom. The summed E-state index contributed by atoms with van der Waals surface area (Å²) in [4.78, 5) is 36.3. The minimum atomic E-state index is -4.44. The summed E-state index contributed by atoms with van der Waals surface area (Å²) < 4.78 is 28.6. The molecule has 1 fully saturated rings. The molecule has 198 valence electrons. The van der Waals surface area contributed by atoms with Crippen molar-refractivity contribution in [3.05, 3.63) is 69.8 Å². The van der Waals surface area contributed by atoms with Crippen molar-refractivity contribution in [1.29, 1.82) is 5.41 Å². The molecule has 2 aromatic carbocycles. The quantitative estimate of drug-likeness (QED) is 0.127. The number of rotatable bonds is 10. The average molecular weight is 533 g/mol. The number of non-ortho nitro benzene ring substituents is 1. The normalized spacial score (nSPS) is 16.5. The first-order valence-corrected chi connectivity index (χ1v) is 12.9. The number of hydrogen-bond acceptors (Lipinski definition) is 7. The summed E-state index contributed by atoms with van der Waals surface area (Å²) in [7, 11) is -4.44. The average Bonchev–Trinajstić information content (AvgIpc) is 2.87. The van der Waals surface area contributed by atoms with E-state index in [1.54, 1.807) is 4.90 Å². The standard InChI is InChI=1S/C23H28N6O7S/c24-23(25)28-11-3-4-16(14-28)13-26-21(30)19(12-15-7-9-17(10-8-15)29(33)34)27-37(35,36)20-6-2-1-5-18(20)22(31)32/h1-2,5-10,16,19,27H,3-4,11-14H2,(H3,24,25)(H,26,30)(H,31,32)/t16?,19-/m1/s1. The molecule has 1 amide bonds. The monoisotopic (exact) mass is 532 g/mol. The van der Waals surface area contributed by atoms with Crippen molar-refractivity contribution in [2.75, 3.05) is 19.6 Å². The van der Waals surface area contributed by atoms with Gasteiger partial charge in [0, 0.05) is 31.8 Å². The molecule has 3 rings (SSSR count). The molecule has 0 radical (unpaired) electrons. The van der Waals surface area contributed by atoms with E-state index in [4.69, 9.17) is 11.1 Å². The zero-order chi connectivity index (χ0) is 27.2. The molecule has 2 aromatic rings. The van der Waals surface area contributed by atoms with E-state index >= 15 is 0 Å². The van der Waals surface area contributed by atoms with Crippen LogP contribution in [0.15, 0.2) is 53.4 Å². The molecular weight excluding hydrogens is 504 g/mol. The van der Waals surface area contributed by atoms with E-state index in [0.717, 1.165) is 25.0 Å². The zero-order valence-corrected chi connectivity index (χ0v) is 20.6. The Labute approximate surface area is 213 Å². The number of likely N-dealkylation sites (tertiary alicyclic amines) is 1. The molecule has 0 spiro atoms. The van der Waals surface area contributed by atoms with E-state index in [9.17, 15) is 33.2 Å². The number of amides is 1. The van der Waals surface area contributed by atoms with Gasteiger partial charge in [0.05, 0.1) is 15.4 Å². The number of carboxylic acids is 1. The first kappa shape index (κ1) is 27.5. The topological polar surface area (TPSA) is 209 Å². The van der Waals surface area contributed by atoms with Crippen LogP contribution >= 0.6 is 0 Å². The molecular formula is C23H28N6O7S. The molecule has 2 atom stereocenters. The third kappa shape index (κ3) is 7.24. The van der Waals surface area contributed by atoms with E-state index in [2.05, 4.69) is 10.0 Å². The van der Waals surface area contributed by atoms with E-state index in [-0.39, 0.29) is 30.5 Å². The lowest BCUT2D eigenvalue weighted by atomic mass is 9.98. The van der Waals surface area contributed by atoms with E-state index < -0.39 is 43.3 Å². The van der Waals surface area contributed by atoms with Crippen molar-refractivity contribution >= 4 is 33.5 Å². The molecule has 0 saturated carbocycles. The largest absolute Gasteiger partial charge is 0.478 e. The predicted molar refractivity (Wildman–Crippen MR) is 134 cm³/mol. The Balaban J connectivity index is 1.82. The molecule has 1 saturated heterocycles. The SMILES string of the molecule is N=C(N)N1CCCC(CNC(=O)[C@@H](Cc2ccc([N+](=O)[O-])cc2)NS(=O)(=O)c2ccccc2C(=O)O)C1. The van der Waals surface area contributed by atoms with Gasteiger partial charge >= 0.3 is 5.97 Å². The Bertz CT molecular complexity index is 1280. The minimum absolute atomic E-state index is 0.00836. The maximum Gasteiger partial charge on any atom is 0.337 e. The number of hydrogen-bond donors (Lipinski definition) is 5.